The average Bonchev–Trinajstić information content (AvgIpc) is 2.78. The van der Waals surface area contributed by atoms with Crippen molar-refractivity contribution in [1.29, 1.82) is 0 Å². The molecule has 0 spiro atoms. The Bertz CT molecular complexity index is 573. The third-order valence-electron chi connectivity index (χ3n) is 4.27. The zero-order valence-corrected chi connectivity index (χ0v) is 13.6. The molecule has 1 aliphatic heterocycles. The molecule has 3 N–H and O–H groups in total. The number of nitrogens with zero attached hydrogens (tertiary/aromatic N) is 2. The third kappa shape index (κ3) is 3.22. The van der Waals surface area contributed by atoms with Crippen molar-refractivity contribution in [2.24, 2.45) is 7.05 Å². The average molecular weight is 316 g/mol. The van der Waals surface area contributed by atoms with Gasteiger partial charge < -0.3 is 15.0 Å². The lowest BCUT2D eigenvalue weighted by Gasteiger charge is -2.40. The number of aryl methyl sites for hydroxylation is 1. The number of hydrogen-bond donors (Lipinski definition) is 2. The van der Waals surface area contributed by atoms with Gasteiger partial charge in [0.25, 0.3) is 10.0 Å². The standard InChI is InChI=1S/C13H24N4O3S/c1-4-13(5-2)8-10(6-7-20-13)16-21(18,19)12-11(14)15-9-17(12)3/h9-10,16H,4-8,14H2,1-3H3. The quantitative estimate of drug-likeness (QED) is 0.845. The van der Waals surface area contributed by atoms with Crippen LogP contribution in [0.25, 0.3) is 0 Å². The number of hydrogen-bond acceptors (Lipinski definition) is 5. The molecule has 1 saturated heterocycles. The first-order valence-corrected chi connectivity index (χ1v) is 8.75. The minimum atomic E-state index is -3.67. The van der Waals surface area contributed by atoms with E-state index in [-0.39, 0.29) is 22.5 Å². The first kappa shape index (κ1) is 16.3. The molecule has 0 saturated carbocycles. The van der Waals surface area contributed by atoms with E-state index in [0.29, 0.717) is 19.4 Å². The van der Waals surface area contributed by atoms with E-state index in [0.717, 1.165) is 12.8 Å². The summed E-state index contributed by atoms with van der Waals surface area (Å²) in [4.78, 5) is 3.83. The summed E-state index contributed by atoms with van der Waals surface area (Å²) in [5.74, 6) is 0.0225. The maximum absolute atomic E-state index is 12.5. The Morgan fingerprint density at radius 3 is 2.71 bits per heavy atom. The molecule has 8 heteroatoms. The summed E-state index contributed by atoms with van der Waals surface area (Å²) in [6.45, 7) is 4.70. The molecular formula is C13H24N4O3S. The van der Waals surface area contributed by atoms with Crippen LogP contribution in [0.2, 0.25) is 0 Å². The van der Waals surface area contributed by atoms with Crippen molar-refractivity contribution in [2.45, 2.75) is 56.2 Å². The second-order valence-corrected chi connectivity index (χ2v) is 7.22. The number of aromatic nitrogens is 2. The zero-order valence-electron chi connectivity index (χ0n) is 12.8. The van der Waals surface area contributed by atoms with Crippen LogP contribution in [0.5, 0.6) is 0 Å². The molecule has 0 aromatic carbocycles. The molecule has 1 unspecified atom stereocenters. The SMILES string of the molecule is CCC1(CC)CC(NS(=O)(=O)c2c(N)ncn2C)CCO1. The molecule has 2 heterocycles. The number of anilines is 1. The van der Waals surface area contributed by atoms with Gasteiger partial charge in [0.15, 0.2) is 10.8 Å². The van der Waals surface area contributed by atoms with E-state index in [9.17, 15) is 8.42 Å². The molecule has 1 aromatic heterocycles. The lowest BCUT2D eigenvalue weighted by molar-refractivity contribution is -0.0905. The third-order valence-corrected chi connectivity index (χ3v) is 5.92. The van der Waals surface area contributed by atoms with Gasteiger partial charge in [-0.2, -0.15) is 0 Å². The monoisotopic (exact) mass is 316 g/mol. The number of imidazole rings is 1. The summed E-state index contributed by atoms with van der Waals surface area (Å²) in [7, 11) is -2.06. The van der Waals surface area contributed by atoms with Gasteiger partial charge in [-0.3, -0.25) is 0 Å². The van der Waals surface area contributed by atoms with Crippen molar-refractivity contribution in [1.82, 2.24) is 14.3 Å². The van der Waals surface area contributed by atoms with Gasteiger partial charge in [-0.25, -0.2) is 18.1 Å². The van der Waals surface area contributed by atoms with E-state index in [2.05, 4.69) is 23.6 Å². The molecule has 0 radical (unpaired) electrons. The fraction of sp³-hybridized carbons (Fsp3) is 0.769. The van der Waals surface area contributed by atoms with Crippen molar-refractivity contribution in [2.75, 3.05) is 12.3 Å². The Kier molecular flexibility index (Phi) is 4.60. The van der Waals surface area contributed by atoms with Crippen LogP contribution in [0, 0.1) is 0 Å². The molecular weight excluding hydrogens is 292 g/mol. The Morgan fingerprint density at radius 2 is 2.19 bits per heavy atom. The Hall–Kier alpha value is -1.12. The van der Waals surface area contributed by atoms with Crippen LogP contribution in [-0.2, 0) is 21.8 Å². The highest BCUT2D eigenvalue weighted by molar-refractivity contribution is 7.89. The van der Waals surface area contributed by atoms with Gasteiger partial charge in [0.05, 0.1) is 11.9 Å². The second kappa shape index (κ2) is 5.94. The normalized spacial score (nSPS) is 22.3. The van der Waals surface area contributed by atoms with Gasteiger partial charge >= 0.3 is 0 Å². The molecule has 1 atom stereocenters. The van der Waals surface area contributed by atoms with Gasteiger partial charge in [-0.05, 0) is 25.7 Å². The van der Waals surface area contributed by atoms with Crippen molar-refractivity contribution < 1.29 is 13.2 Å². The van der Waals surface area contributed by atoms with Gasteiger partial charge in [-0.15, -0.1) is 0 Å². The van der Waals surface area contributed by atoms with Crippen LogP contribution < -0.4 is 10.5 Å². The molecule has 1 aromatic rings. The highest BCUT2D eigenvalue weighted by Crippen LogP contribution is 2.32. The number of ether oxygens (including phenoxy) is 1. The van der Waals surface area contributed by atoms with E-state index in [1.54, 1.807) is 7.05 Å². The van der Waals surface area contributed by atoms with Crippen molar-refractivity contribution in [3.05, 3.63) is 6.33 Å². The van der Waals surface area contributed by atoms with Crippen molar-refractivity contribution in [3.63, 3.8) is 0 Å². The zero-order chi connectivity index (χ0) is 15.7. The maximum Gasteiger partial charge on any atom is 0.260 e. The summed E-state index contributed by atoms with van der Waals surface area (Å²) < 4.78 is 35.0. The van der Waals surface area contributed by atoms with Crippen LogP contribution in [-0.4, -0.2) is 36.2 Å². The van der Waals surface area contributed by atoms with E-state index in [1.165, 1.54) is 10.9 Å². The molecule has 7 nitrogen and oxygen atoms in total. The molecule has 0 amide bonds. The van der Waals surface area contributed by atoms with E-state index < -0.39 is 10.0 Å². The van der Waals surface area contributed by atoms with Crippen LogP contribution in [0.4, 0.5) is 5.82 Å². The number of sulfonamides is 1. The maximum atomic E-state index is 12.5. The van der Waals surface area contributed by atoms with Crippen LogP contribution >= 0.6 is 0 Å². The molecule has 120 valence electrons. The second-order valence-electron chi connectivity index (χ2n) is 5.60. The van der Waals surface area contributed by atoms with Crippen LogP contribution in [0.1, 0.15) is 39.5 Å². The molecule has 0 aliphatic carbocycles. The topological polar surface area (TPSA) is 99.2 Å². The van der Waals surface area contributed by atoms with E-state index in [1.807, 2.05) is 0 Å². The highest BCUT2D eigenvalue weighted by atomic mass is 32.2. The number of nitrogens with two attached hydrogens (primary N) is 1. The van der Waals surface area contributed by atoms with E-state index in [4.69, 9.17) is 10.5 Å². The fourth-order valence-corrected chi connectivity index (χ4v) is 4.42. The minimum Gasteiger partial charge on any atom is -0.381 e. The van der Waals surface area contributed by atoms with Crippen molar-refractivity contribution >= 4 is 15.8 Å². The number of rotatable bonds is 5. The van der Waals surface area contributed by atoms with Gasteiger partial charge in [0.2, 0.25) is 0 Å². The Morgan fingerprint density at radius 1 is 1.52 bits per heavy atom. The Labute approximate surface area is 125 Å². The summed E-state index contributed by atoms with van der Waals surface area (Å²) in [6, 6.07) is -0.141. The van der Waals surface area contributed by atoms with Gasteiger partial charge in [0.1, 0.15) is 0 Å². The molecule has 2 rings (SSSR count). The lowest BCUT2D eigenvalue weighted by atomic mass is 9.86. The fourth-order valence-electron chi connectivity index (χ4n) is 2.91. The first-order chi connectivity index (χ1) is 9.83. The highest BCUT2D eigenvalue weighted by Gasteiger charge is 2.37. The molecule has 0 bridgehead atoms. The lowest BCUT2D eigenvalue weighted by Crippen LogP contribution is -2.48. The first-order valence-electron chi connectivity index (χ1n) is 7.26. The summed E-state index contributed by atoms with van der Waals surface area (Å²) in [6.07, 6.45) is 4.48. The summed E-state index contributed by atoms with van der Waals surface area (Å²) in [5, 5.41) is 0.0209. The van der Waals surface area contributed by atoms with Crippen molar-refractivity contribution in [3.8, 4) is 0 Å². The summed E-state index contributed by atoms with van der Waals surface area (Å²) in [5.41, 5.74) is 5.43. The predicted molar refractivity (Wildman–Crippen MR) is 80.2 cm³/mol. The van der Waals surface area contributed by atoms with Gasteiger partial charge in [-0.1, -0.05) is 13.8 Å². The molecule has 1 aliphatic rings. The largest absolute Gasteiger partial charge is 0.381 e. The van der Waals surface area contributed by atoms with Crippen LogP contribution in [0.15, 0.2) is 11.4 Å². The smallest absolute Gasteiger partial charge is 0.260 e. The van der Waals surface area contributed by atoms with Gasteiger partial charge in [0, 0.05) is 19.7 Å². The van der Waals surface area contributed by atoms with Crippen LogP contribution in [0.3, 0.4) is 0 Å². The minimum absolute atomic E-state index is 0.0209. The summed E-state index contributed by atoms with van der Waals surface area (Å²) >= 11 is 0. The Balaban J connectivity index is 2.18. The van der Waals surface area contributed by atoms with E-state index >= 15 is 0 Å². The number of nitrogen functional groups attached to an aromatic ring is 1. The predicted octanol–water partition coefficient (Wildman–Crippen LogP) is 1.02. The molecule has 21 heavy (non-hydrogen) atoms. The number of nitrogens with one attached hydrogen (secondary N) is 1. The molecule has 1 fully saturated rings.